The number of rotatable bonds is 5. The van der Waals surface area contributed by atoms with Gasteiger partial charge in [0.15, 0.2) is 5.82 Å². The van der Waals surface area contributed by atoms with Crippen molar-refractivity contribution in [2.75, 3.05) is 0 Å². The number of halogens is 3. The Hall–Kier alpha value is -0.0631. The molecule has 1 nitrogen and oxygen atoms in total. The molecule has 1 aromatic rings. The minimum absolute atomic E-state index is 0.0912. The van der Waals surface area contributed by atoms with Crippen molar-refractivity contribution >= 4 is 35.8 Å². The molecule has 0 aliphatic heterocycles. The summed E-state index contributed by atoms with van der Waals surface area (Å²) in [6.45, 7) is 13.3. The maximum absolute atomic E-state index is 13.6. The first kappa shape index (κ1) is 18.0. The lowest BCUT2D eigenvalue weighted by molar-refractivity contribution is 0.477. The quantitative estimate of drug-likeness (QED) is 0.402. The van der Waals surface area contributed by atoms with E-state index in [4.69, 9.17) is 16.0 Å². The fourth-order valence-electron chi connectivity index (χ4n) is 3.15. The molecule has 0 aromatic heterocycles. The number of hydrogen-bond donors (Lipinski definition) is 0. The van der Waals surface area contributed by atoms with Gasteiger partial charge in [-0.2, -0.15) is 0 Å². The minimum atomic E-state index is -2.03. The molecule has 1 aromatic carbocycles. The van der Waals surface area contributed by atoms with Crippen molar-refractivity contribution in [2.24, 2.45) is 0 Å². The summed E-state index contributed by atoms with van der Waals surface area (Å²) in [5.41, 5.74) is 1.39. The summed E-state index contributed by atoms with van der Waals surface area (Å²) in [7, 11) is -2.03. The molecule has 114 valence electrons. The van der Waals surface area contributed by atoms with Crippen LogP contribution in [0.4, 0.5) is 4.39 Å². The van der Waals surface area contributed by atoms with Crippen LogP contribution in [0.15, 0.2) is 16.6 Å². The SMILES string of the molecule is CC(C)[Si](Oc1cc(Cl)c(F)c(Br)c1)(C(C)C)C(C)C. The molecule has 0 aliphatic carbocycles. The second-order valence-electron chi connectivity index (χ2n) is 6.12. The monoisotopic (exact) mass is 380 g/mol. The van der Waals surface area contributed by atoms with Gasteiger partial charge in [0.1, 0.15) is 5.75 Å². The van der Waals surface area contributed by atoms with Gasteiger partial charge < -0.3 is 4.43 Å². The van der Waals surface area contributed by atoms with Gasteiger partial charge in [0.2, 0.25) is 0 Å². The molecule has 0 fully saturated rings. The highest BCUT2D eigenvalue weighted by Gasteiger charge is 2.47. The van der Waals surface area contributed by atoms with Crippen molar-refractivity contribution in [3.63, 3.8) is 0 Å². The molecule has 0 amide bonds. The predicted molar refractivity (Wildman–Crippen MR) is 90.8 cm³/mol. The van der Waals surface area contributed by atoms with E-state index in [2.05, 4.69) is 57.5 Å². The molecule has 0 bridgehead atoms. The maximum Gasteiger partial charge on any atom is 0.258 e. The third kappa shape index (κ3) is 3.39. The van der Waals surface area contributed by atoms with Gasteiger partial charge in [-0.15, -0.1) is 0 Å². The van der Waals surface area contributed by atoms with Crippen LogP contribution in [-0.4, -0.2) is 8.32 Å². The van der Waals surface area contributed by atoms with Crippen LogP contribution in [0.2, 0.25) is 21.6 Å². The van der Waals surface area contributed by atoms with Crippen molar-refractivity contribution < 1.29 is 8.82 Å². The molecule has 0 saturated heterocycles. The van der Waals surface area contributed by atoms with Crippen molar-refractivity contribution in [1.29, 1.82) is 0 Å². The van der Waals surface area contributed by atoms with Crippen molar-refractivity contribution in [3.8, 4) is 5.75 Å². The van der Waals surface area contributed by atoms with Crippen LogP contribution in [0, 0.1) is 5.82 Å². The maximum atomic E-state index is 13.6. The Balaban J connectivity index is 3.27. The first-order valence-electron chi connectivity index (χ1n) is 6.96. The Morgan fingerprint density at radius 1 is 1.05 bits per heavy atom. The van der Waals surface area contributed by atoms with E-state index in [0.29, 0.717) is 26.8 Å². The summed E-state index contributed by atoms with van der Waals surface area (Å²) in [5.74, 6) is 0.218. The van der Waals surface area contributed by atoms with Gasteiger partial charge in [-0.1, -0.05) is 53.1 Å². The summed E-state index contributed by atoms with van der Waals surface area (Å²) in [6.07, 6.45) is 0. The molecule has 0 heterocycles. The summed E-state index contributed by atoms with van der Waals surface area (Å²) < 4.78 is 20.4. The van der Waals surface area contributed by atoms with Crippen molar-refractivity contribution in [1.82, 2.24) is 0 Å². The van der Waals surface area contributed by atoms with Gasteiger partial charge in [-0.05, 0) is 38.6 Å². The summed E-state index contributed by atoms with van der Waals surface area (Å²) in [6, 6.07) is 3.26. The molecule has 0 spiro atoms. The van der Waals surface area contributed by atoms with Gasteiger partial charge in [0.05, 0.1) is 9.50 Å². The molecular formula is C15H23BrClFOSi. The molecular weight excluding hydrogens is 359 g/mol. The van der Waals surface area contributed by atoms with E-state index < -0.39 is 14.1 Å². The van der Waals surface area contributed by atoms with E-state index in [1.165, 1.54) is 0 Å². The van der Waals surface area contributed by atoms with E-state index in [0.717, 1.165) is 0 Å². The van der Waals surface area contributed by atoms with Gasteiger partial charge in [0.25, 0.3) is 8.32 Å². The second kappa shape index (κ2) is 6.80. The highest BCUT2D eigenvalue weighted by Crippen LogP contribution is 2.43. The largest absolute Gasteiger partial charge is 0.543 e. The zero-order valence-corrected chi connectivity index (χ0v) is 16.3. The molecule has 5 heteroatoms. The van der Waals surface area contributed by atoms with Crippen LogP contribution in [0.25, 0.3) is 0 Å². The Kier molecular flexibility index (Phi) is 6.11. The van der Waals surface area contributed by atoms with Crippen LogP contribution in [-0.2, 0) is 0 Å². The Bertz CT molecular complexity index is 432. The van der Waals surface area contributed by atoms with E-state index in [1.807, 2.05) is 0 Å². The molecule has 0 unspecified atom stereocenters. The van der Waals surface area contributed by atoms with Gasteiger partial charge in [-0.25, -0.2) is 4.39 Å². The van der Waals surface area contributed by atoms with Crippen molar-refractivity contribution in [3.05, 3.63) is 27.4 Å². The second-order valence-corrected chi connectivity index (χ2v) is 12.8. The molecule has 0 radical (unpaired) electrons. The molecule has 1 rings (SSSR count). The van der Waals surface area contributed by atoms with E-state index in [-0.39, 0.29) is 5.02 Å². The van der Waals surface area contributed by atoms with Crippen LogP contribution in [0.1, 0.15) is 41.5 Å². The lowest BCUT2D eigenvalue weighted by Crippen LogP contribution is -2.50. The zero-order valence-electron chi connectivity index (χ0n) is 12.9. The third-order valence-electron chi connectivity index (χ3n) is 3.96. The highest BCUT2D eigenvalue weighted by atomic mass is 79.9. The fourth-order valence-corrected chi connectivity index (χ4v) is 9.14. The molecule has 20 heavy (non-hydrogen) atoms. The average molecular weight is 382 g/mol. The molecule has 0 saturated carbocycles. The topological polar surface area (TPSA) is 9.23 Å². The van der Waals surface area contributed by atoms with Crippen LogP contribution in [0.3, 0.4) is 0 Å². The Morgan fingerprint density at radius 2 is 1.50 bits per heavy atom. The Labute approximate surface area is 136 Å². The number of hydrogen-bond acceptors (Lipinski definition) is 1. The first-order chi connectivity index (χ1) is 9.12. The lowest BCUT2D eigenvalue weighted by Gasteiger charge is -2.42. The lowest BCUT2D eigenvalue weighted by atomic mass is 10.3. The summed E-state index contributed by atoms with van der Waals surface area (Å²) >= 11 is 9.11. The highest BCUT2D eigenvalue weighted by molar-refractivity contribution is 9.10. The van der Waals surface area contributed by atoms with E-state index in [1.54, 1.807) is 12.1 Å². The molecule has 0 aliphatic rings. The van der Waals surface area contributed by atoms with Crippen LogP contribution >= 0.6 is 27.5 Å². The predicted octanol–water partition coefficient (Wildman–Crippen LogP) is 6.80. The first-order valence-corrected chi connectivity index (χ1v) is 10.3. The summed E-state index contributed by atoms with van der Waals surface area (Å²) in [5, 5.41) is 0.0912. The van der Waals surface area contributed by atoms with E-state index in [9.17, 15) is 4.39 Å². The van der Waals surface area contributed by atoms with Crippen LogP contribution < -0.4 is 4.43 Å². The molecule has 0 N–H and O–H groups in total. The Morgan fingerprint density at radius 3 is 1.85 bits per heavy atom. The number of benzene rings is 1. The van der Waals surface area contributed by atoms with E-state index >= 15 is 0 Å². The molecule has 0 atom stereocenters. The van der Waals surface area contributed by atoms with Gasteiger partial charge >= 0.3 is 0 Å². The summed E-state index contributed by atoms with van der Waals surface area (Å²) in [4.78, 5) is 0. The zero-order chi connectivity index (χ0) is 15.7. The van der Waals surface area contributed by atoms with Crippen molar-refractivity contribution in [2.45, 2.75) is 58.2 Å². The van der Waals surface area contributed by atoms with Gasteiger partial charge in [0, 0.05) is 6.07 Å². The normalized spacial score (nSPS) is 12.6. The van der Waals surface area contributed by atoms with Gasteiger partial charge in [-0.3, -0.25) is 0 Å². The fraction of sp³-hybridized carbons (Fsp3) is 0.600. The average Bonchev–Trinajstić information content (AvgIpc) is 2.31. The van der Waals surface area contributed by atoms with Crippen LogP contribution in [0.5, 0.6) is 5.75 Å². The smallest absolute Gasteiger partial charge is 0.258 e. The standard InChI is InChI=1S/C15H23BrClFOSi/c1-9(2)20(10(3)4,11(5)6)19-12-7-13(16)15(18)14(17)8-12/h7-11H,1-6H3. The minimum Gasteiger partial charge on any atom is -0.543 e. The third-order valence-corrected chi connectivity index (χ3v) is 10.8.